The summed E-state index contributed by atoms with van der Waals surface area (Å²) in [4.78, 5) is 27.8. The number of carbonyl (C=O) groups excluding carboxylic acids is 2. The Labute approximate surface area is 210 Å². The lowest BCUT2D eigenvalue weighted by atomic mass is 10.1. The summed E-state index contributed by atoms with van der Waals surface area (Å²) >= 11 is 0. The third kappa shape index (κ3) is 8.38. The van der Waals surface area contributed by atoms with Crippen molar-refractivity contribution in [2.45, 2.75) is 72.5 Å². The van der Waals surface area contributed by atoms with E-state index in [0.717, 1.165) is 23.1 Å². The van der Waals surface area contributed by atoms with Crippen molar-refractivity contribution in [2.75, 3.05) is 17.1 Å². The molecule has 8 heteroatoms. The van der Waals surface area contributed by atoms with Crippen molar-refractivity contribution < 1.29 is 18.0 Å². The topological polar surface area (TPSA) is 86.8 Å². The minimum Gasteiger partial charge on any atom is -0.352 e. The summed E-state index contributed by atoms with van der Waals surface area (Å²) in [6.45, 7) is 10.0. The fourth-order valence-electron chi connectivity index (χ4n) is 3.88. The number of nitrogens with one attached hydrogen (secondary N) is 1. The highest BCUT2D eigenvalue weighted by molar-refractivity contribution is 7.92. The molecular weight excluding hydrogens is 462 g/mol. The van der Waals surface area contributed by atoms with E-state index in [9.17, 15) is 18.0 Å². The standard InChI is InChI=1S/C27H39N3O4S/c1-7-22(4)28-27(32)23(5)29(19-24-14-10-12-20(2)18-24)26(31)16-11-17-30(35(6,33)34)25-15-9-8-13-21(25)3/h8-10,12-15,18,22-23H,7,11,16-17,19H2,1-6H3,(H,28,32)/t22-,23-/m0/s1. The van der Waals surface area contributed by atoms with Crippen LogP contribution < -0.4 is 9.62 Å². The molecule has 35 heavy (non-hydrogen) atoms. The molecule has 0 saturated carbocycles. The van der Waals surface area contributed by atoms with Crippen LogP contribution in [0.3, 0.4) is 0 Å². The maximum Gasteiger partial charge on any atom is 0.242 e. The Morgan fingerprint density at radius 3 is 2.31 bits per heavy atom. The van der Waals surface area contributed by atoms with E-state index in [2.05, 4.69) is 5.32 Å². The maximum atomic E-state index is 13.3. The number of carbonyl (C=O) groups is 2. The van der Waals surface area contributed by atoms with Gasteiger partial charge in [-0.15, -0.1) is 0 Å². The molecular formula is C27H39N3O4S. The first-order chi connectivity index (χ1) is 16.4. The second-order valence-electron chi connectivity index (χ2n) is 9.23. The number of benzene rings is 2. The average molecular weight is 502 g/mol. The number of hydrogen-bond donors (Lipinski definition) is 1. The number of nitrogens with zero attached hydrogens (tertiary/aromatic N) is 2. The lowest BCUT2D eigenvalue weighted by Crippen LogP contribution is -2.49. The lowest BCUT2D eigenvalue weighted by molar-refractivity contribution is -0.140. The van der Waals surface area contributed by atoms with Gasteiger partial charge < -0.3 is 10.2 Å². The third-order valence-corrected chi connectivity index (χ3v) is 7.32. The zero-order valence-corrected chi connectivity index (χ0v) is 22.6. The highest BCUT2D eigenvalue weighted by atomic mass is 32.2. The molecule has 0 saturated heterocycles. The number of aryl methyl sites for hydroxylation is 2. The third-order valence-electron chi connectivity index (χ3n) is 6.14. The molecule has 2 atom stereocenters. The Morgan fingerprint density at radius 2 is 1.71 bits per heavy atom. The van der Waals surface area contributed by atoms with Gasteiger partial charge in [0.15, 0.2) is 0 Å². The first-order valence-corrected chi connectivity index (χ1v) is 14.0. The van der Waals surface area contributed by atoms with Crippen LogP contribution >= 0.6 is 0 Å². The van der Waals surface area contributed by atoms with Gasteiger partial charge in [0.1, 0.15) is 6.04 Å². The molecule has 192 valence electrons. The van der Waals surface area contributed by atoms with Gasteiger partial charge in [0, 0.05) is 25.6 Å². The molecule has 0 aliphatic heterocycles. The summed E-state index contributed by atoms with van der Waals surface area (Å²) in [6, 6.07) is 14.5. The molecule has 0 aromatic heterocycles. The minimum atomic E-state index is -3.51. The van der Waals surface area contributed by atoms with Gasteiger partial charge in [0.2, 0.25) is 21.8 Å². The molecule has 0 fully saturated rings. The monoisotopic (exact) mass is 501 g/mol. The zero-order chi connectivity index (χ0) is 26.2. The van der Waals surface area contributed by atoms with Crippen molar-refractivity contribution in [1.29, 1.82) is 0 Å². The average Bonchev–Trinajstić information content (AvgIpc) is 2.79. The van der Waals surface area contributed by atoms with Gasteiger partial charge in [-0.2, -0.15) is 0 Å². The van der Waals surface area contributed by atoms with Crippen LogP contribution in [0.4, 0.5) is 5.69 Å². The Hall–Kier alpha value is -2.87. The van der Waals surface area contributed by atoms with Gasteiger partial charge in [-0.3, -0.25) is 13.9 Å². The van der Waals surface area contributed by atoms with Crippen LogP contribution in [-0.2, 0) is 26.2 Å². The van der Waals surface area contributed by atoms with Crippen molar-refractivity contribution in [2.24, 2.45) is 0 Å². The van der Waals surface area contributed by atoms with Crippen molar-refractivity contribution in [3.05, 3.63) is 65.2 Å². The van der Waals surface area contributed by atoms with E-state index in [1.807, 2.05) is 64.1 Å². The van der Waals surface area contributed by atoms with Crippen LogP contribution in [-0.4, -0.2) is 50.0 Å². The van der Waals surface area contributed by atoms with Crippen molar-refractivity contribution in [3.63, 3.8) is 0 Å². The fraction of sp³-hybridized carbons (Fsp3) is 0.481. The number of anilines is 1. The molecule has 0 radical (unpaired) electrons. The van der Waals surface area contributed by atoms with Gasteiger partial charge in [-0.1, -0.05) is 55.0 Å². The van der Waals surface area contributed by atoms with Gasteiger partial charge in [0.05, 0.1) is 11.9 Å². The predicted octanol–water partition coefficient (Wildman–Crippen LogP) is 4.18. The highest BCUT2D eigenvalue weighted by Crippen LogP contribution is 2.23. The van der Waals surface area contributed by atoms with Crippen LogP contribution in [0.25, 0.3) is 0 Å². The molecule has 0 unspecified atom stereocenters. The van der Waals surface area contributed by atoms with E-state index >= 15 is 0 Å². The normalized spacial score (nSPS) is 13.1. The number of para-hydroxylation sites is 1. The van der Waals surface area contributed by atoms with E-state index in [1.165, 1.54) is 10.6 Å². The van der Waals surface area contributed by atoms with E-state index in [1.54, 1.807) is 24.0 Å². The summed E-state index contributed by atoms with van der Waals surface area (Å²) in [6.07, 6.45) is 2.44. The van der Waals surface area contributed by atoms with E-state index in [0.29, 0.717) is 18.7 Å². The summed E-state index contributed by atoms with van der Waals surface area (Å²) in [7, 11) is -3.51. The maximum absolute atomic E-state index is 13.3. The Kier molecular flexibility index (Phi) is 10.3. The van der Waals surface area contributed by atoms with Crippen molar-refractivity contribution >= 4 is 27.5 Å². The quantitative estimate of drug-likeness (QED) is 0.473. The fourth-order valence-corrected chi connectivity index (χ4v) is 4.90. The molecule has 0 aliphatic rings. The second-order valence-corrected chi connectivity index (χ2v) is 11.1. The molecule has 2 amide bonds. The predicted molar refractivity (Wildman–Crippen MR) is 142 cm³/mol. The molecule has 0 aliphatic carbocycles. The van der Waals surface area contributed by atoms with Crippen LogP contribution in [0.5, 0.6) is 0 Å². The van der Waals surface area contributed by atoms with Crippen LogP contribution in [0.15, 0.2) is 48.5 Å². The number of sulfonamides is 1. The van der Waals surface area contributed by atoms with E-state index in [-0.39, 0.29) is 30.8 Å². The largest absolute Gasteiger partial charge is 0.352 e. The molecule has 1 N–H and O–H groups in total. The van der Waals surface area contributed by atoms with Crippen LogP contribution in [0.1, 0.15) is 56.7 Å². The lowest BCUT2D eigenvalue weighted by Gasteiger charge is -2.30. The molecule has 0 bridgehead atoms. The SMILES string of the molecule is CC[C@H](C)NC(=O)[C@H](C)N(Cc1cccc(C)c1)C(=O)CCCN(c1ccccc1C)S(C)(=O)=O. The first-order valence-electron chi connectivity index (χ1n) is 12.1. The Balaban J connectivity index is 2.18. The molecule has 0 spiro atoms. The van der Waals surface area contributed by atoms with Gasteiger partial charge in [-0.25, -0.2) is 8.42 Å². The first kappa shape index (κ1) is 28.4. The smallest absolute Gasteiger partial charge is 0.242 e. The number of rotatable bonds is 12. The number of amides is 2. The second kappa shape index (κ2) is 12.7. The van der Waals surface area contributed by atoms with Crippen LogP contribution in [0, 0.1) is 13.8 Å². The minimum absolute atomic E-state index is 0.0123. The molecule has 2 aromatic rings. The van der Waals surface area contributed by atoms with E-state index in [4.69, 9.17) is 0 Å². The van der Waals surface area contributed by atoms with E-state index < -0.39 is 16.1 Å². The molecule has 0 heterocycles. The zero-order valence-electron chi connectivity index (χ0n) is 21.7. The van der Waals surface area contributed by atoms with Gasteiger partial charge >= 0.3 is 0 Å². The molecule has 7 nitrogen and oxygen atoms in total. The van der Waals surface area contributed by atoms with Gasteiger partial charge in [-0.05, 0) is 57.7 Å². The summed E-state index contributed by atoms with van der Waals surface area (Å²) in [5.74, 6) is -0.380. The Bertz CT molecular complexity index is 1120. The summed E-state index contributed by atoms with van der Waals surface area (Å²) in [5, 5.41) is 2.96. The van der Waals surface area contributed by atoms with Gasteiger partial charge in [0.25, 0.3) is 0 Å². The molecule has 2 aromatic carbocycles. The van der Waals surface area contributed by atoms with Crippen LogP contribution in [0.2, 0.25) is 0 Å². The Morgan fingerprint density at radius 1 is 1.03 bits per heavy atom. The summed E-state index contributed by atoms with van der Waals surface area (Å²) < 4.78 is 26.3. The molecule has 2 rings (SSSR count). The summed E-state index contributed by atoms with van der Waals surface area (Å²) in [5.41, 5.74) is 3.48. The number of hydrogen-bond acceptors (Lipinski definition) is 4. The van der Waals surface area contributed by atoms with Crippen molar-refractivity contribution in [1.82, 2.24) is 10.2 Å². The highest BCUT2D eigenvalue weighted by Gasteiger charge is 2.27. The van der Waals surface area contributed by atoms with Crippen molar-refractivity contribution in [3.8, 4) is 0 Å².